The molecule has 0 aromatic heterocycles. The fraction of sp³-hybridized carbons (Fsp3) is 0.118. The van der Waals surface area contributed by atoms with E-state index in [1.807, 2.05) is 54.6 Å². The minimum Gasteiger partial charge on any atom is -0.334 e. The zero-order chi connectivity index (χ0) is 14.9. The van der Waals surface area contributed by atoms with Gasteiger partial charge >= 0.3 is 6.03 Å². The highest BCUT2D eigenvalue weighted by atomic mass is 16.2. The van der Waals surface area contributed by atoms with Crippen LogP contribution in [-0.4, -0.2) is 12.6 Å². The van der Waals surface area contributed by atoms with Gasteiger partial charge in [0, 0.05) is 17.8 Å². The van der Waals surface area contributed by atoms with Crippen molar-refractivity contribution in [1.29, 1.82) is 0 Å². The van der Waals surface area contributed by atoms with Crippen LogP contribution < -0.4 is 16.4 Å². The number of carbonyl (C=O) groups is 1. The summed E-state index contributed by atoms with van der Waals surface area (Å²) in [5, 5.41) is 5.58. The number of nitrogens with one attached hydrogen (secondary N) is 2. The van der Waals surface area contributed by atoms with E-state index in [-0.39, 0.29) is 6.03 Å². The maximum absolute atomic E-state index is 11.8. The number of anilines is 1. The van der Waals surface area contributed by atoms with E-state index in [0.717, 1.165) is 16.8 Å². The molecule has 4 heteroatoms. The van der Waals surface area contributed by atoms with E-state index in [1.54, 1.807) is 0 Å². The van der Waals surface area contributed by atoms with Crippen molar-refractivity contribution < 1.29 is 4.79 Å². The Morgan fingerprint density at radius 2 is 1.76 bits per heavy atom. The molecule has 2 rings (SSSR count). The van der Waals surface area contributed by atoms with E-state index < -0.39 is 0 Å². The summed E-state index contributed by atoms with van der Waals surface area (Å²) in [7, 11) is 0. The zero-order valence-corrected chi connectivity index (χ0v) is 11.6. The maximum Gasteiger partial charge on any atom is 0.319 e. The molecule has 4 nitrogen and oxygen atoms in total. The highest BCUT2D eigenvalue weighted by Gasteiger charge is 2.03. The van der Waals surface area contributed by atoms with Crippen LogP contribution in [0.2, 0.25) is 0 Å². The molecule has 0 aliphatic heterocycles. The summed E-state index contributed by atoms with van der Waals surface area (Å²) in [6, 6.07) is 16.7. The summed E-state index contributed by atoms with van der Waals surface area (Å²) in [4.78, 5) is 11.8. The number of para-hydroxylation sites is 1. The second-order valence-corrected chi connectivity index (χ2v) is 4.34. The molecule has 0 heterocycles. The molecular weight excluding hydrogens is 262 g/mol. The Hall–Kier alpha value is -2.77. The minimum absolute atomic E-state index is 0.247. The average Bonchev–Trinajstić information content (AvgIpc) is 2.52. The normalized spacial score (nSPS) is 9.38. The van der Waals surface area contributed by atoms with Crippen molar-refractivity contribution in [2.45, 2.75) is 6.54 Å². The van der Waals surface area contributed by atoms with Crippen LogP contribution in [-0.2, 0) is 6.54 Å². The molecule has 0 unspecified atom stereocenters. The van der Waals surface area contributed by atoms with Crippen molar-refractivity contribution in [3.05, 3.63) is 65.7 Å². The first-order chi connectivity index (χ1) is 10.3. The minimum atomic E-state index is -0.247. The van der Waals surface area contributed by atoms with Crippen molar-refractivity contribution in [3.8, 4) is 11.8 Å². The molecule has 2 aromatic carbocycles. The van der Waals surface area contributed by atoms with E-state index in [4.69, 9.17) is 5.73 Å². The molecule has 4 N–H and O–H groups in total. The molecule has 0 saturated carbocycles. The lowest BCUT2D eigenvalue weighted by atomic mass is 10.1. The lowest BCUT2D eigenvalue weighted by Gasteiger charge is -2.09. The number of carbonyl (C=O) groups excluding carboxylic acids is 1. The summed E-state index contributed by atoms with van der Waals surface area (Å²) < 4.78 is 0. The largest absolute Gasteiger partial charge is 0.334 e. The number of benzene rings is 2. The van der Waals surface area contributed by atoms with Gasteiger partial charge in [-0.1, -0.05) is 48.2 Å². The average molecular weight is 279 g/mol. The topological polar surface area (TPSA) is 67.1 Å². The third-order valence-electron chi connectivity index (χ3n) is 2.81. The standard InChI is InChI=1S/C17H17N3O/c18-12-6-9-14-7-4-5-8-15(14)13-19-17(21)20-16-10-2-1-3-11-16/h1-5,7-8,10-11H,12-13,18H2,(H2,19,20,21). The molecule has 0 fully saturated rings. The van der Waals surface area contributed by atoms with Crippen molar-refractivity contribution in [2.24, 2.45) is 5.73 Å². The molecule has 0 atom stereocenters. The van der Waals surface area contributed by atoms with Gasteiger partial charge in [-0.25, -0.2) is 4.79 Å². The van der Waals surface area contributed by atoms with Crippen LogP contribution in [0.25, 0.3) is 0 Å². The Morgan fingerprint density at radius 3 is 2.52 bits per heavy atom. The van der Waals surface area contributed by atoms with Gasteiger partial charge in [0.15, 0.2) is 0 Å². The van der Waals surface area contributed by atoms with E-state index >= 15 is 0 Å². The first-order valence-corrected chi connectivity index (χ1v) is 6.66. The molecule has 0 bridgehead atoms. The lowest BCUT2D eigenvalue weighted by Crippen LogP contribution is -2.28. The van der Waals surface area contributed by atoms with Gasteiger partial charge in [0.25, 0.3) is 0 Å². The van der Waals surface area contributed by atoms with Crippen molar-refractivity contribution in [2.75, 3.05) is 11.9 Å². The first kappa shape index (κ1) is 14.6. The van der Waals surface area contributed by atoms with Crippen LogP contribution in [0.5, 0.6) is 0 Å². The first-order valence-electron chi connectivity index (χ1n) is 6.66. The van der Waals surface area contributed by atoms with Crippen molar-refractivity contribution in [1.82, 2.24) is 5.32 Å². The number of amides is 2. The van der Waals surface area contributed by atoms with Gasteiger partial charge in [-0.05, 0) is 23.8 Å². The predicted octanol–water partition coefficient (Wildman–Crippen LogP) is 2.32. The van der Waals surface area contributed by atoms with Gasteiger partial charge in [-0.3, -0.25) is 0 Å². The lowest BCUT2D eigenvalue weighted by molar-refractivity contribution is 0.251. The summed E-state index contributed by atoms with van der Waals surface area (Å²) >= 11 is 0. The fourth-order valence-corrected chi connectivity index (χ4v) is 1.81. The van der Waals surface area contributed by atoms with Crippen molar-refractivity contribution in [3.63, 3.8) is 0 Å². The van der Waals surface area contributed by atoms with Crippen LogP contribution in [0.1, 0.15) is 11.1 Å². The number of nitrogens with two attached hydrogens (primary N) is 1. The van der Waals surface area contributed by atoms with Gasteiger partial charge in [-0.15, -0.1) is 0 Å². The third kappa shape index (κ3) is 4.68. The number of hydrogen-bond acceptors (Lipinski definition) is 2. The van der Waals surface area contributed by atoms with Gasteiger partial charge in [0.1, 0.15) is 0 Å². The van der Waals surface area contributed by atoms with Crippen LogP contribution >= 0.6 is 0 Å². The fourth-order valence-electron chi connectivity index (χ4n) is 1.81. The predicted molar refractivity (Wildman–Crippen MR) is 84.7 cm³/mol. The summed E-state index contributed by atoms with van der Waals surface area (Å²) in [6.07, 6.45) is 0. The molecule has 0 aliphatic carbocycles. The van der Waals surface area contributed by atoms with Crippen LogP contribution in [0.4, 0.5) is 10.5 Å². The molecule has 0 saturated heterocycles. The van der Waals surface area contributed by atoms with Crippen molar-refractivity contribution >= 4 is 11.7 Å². The highest BCUT2D eigenvalue weighted by molar-refractivity contribution is 5.89. The Morgan fingerprint density at radius 1 is 1.05 bits per heavy atom. The number of hydrogen-bond donors (Lipinski definition) is 3. The zero-order valence-electron chi connectivity index (χ0n) is 11.6. The molecule has 21 heavy (non-hydrogen) atoms. The molecule has 106 valence electrons. The quantitative estimate of drug-likeness (QED) is 0.755. The van der Waals surface area contributed by atoms with Crippen LogP contribution in [0, 0.1) is 11.8 Å². The monoisotopic (exact) mass is 279 g/mol. The smallest absolute Gasteiger partial charge is 0.319 e. The summed E-state index contributed by atoms with van der Waals surface area (Å²) in [5.74, 6) is 5.82. The van der Waals surface area contributed by atoms with Crippen LogP contribution in [0.15, 0.2) is 54.6 Å². The number of rotatable bonds is 3. The molecule has 2 aromatic rings. The van der Waals surface area contributed by atoms with Gasteiger partial charge < -0.3 is 16.4 Å². The van der Waals surface area contributed by atoms with E-state index in [0.29, 0.717) is 13.1 Å². The Kier molecular flexibility index (Phi) is 5.39. The van der Waals surface area contributed by atoms with Gasteiger partial charge in [0.2, 0.25) is 0 Å². The highest BCUT2D eigenvalue weighted by Crippen LogP contribution is 2.08. The molecule has 0 radical (unpaired) electrons. The second-order valence-electron chi connectivity index (χ2n) is 4.34. The SMILES string of the molecule is NCC#Cc1ccccc1CNC(=O)Nc1ccccc1. The molecule has 0 spiro atoms. The molecular formula is C17H17N3O. The number of urea groups is 1. The third-order valence-corrected chi connectivity index (χ3v) is 2.81. The summed E-state index contributed by atoms with van der Waals surface area (Å²) in [6.45, 7) is 0.727. The van der Waals surface area contributed by atoms with Gasteiger partial charge in [-0.2, -0.15) is 0 Å². The Balaban J connectivity index is 1.95. The van der Waals surface area contributed by atoms with E-state index in [2.05, 4.69) is 22.5 Å². The van der Waals surface area contributed by atoms with E-state index in [1.165, 1.54) is 0 Å². The molecule has 2 amide bonds. The summed E-state index contributed by atoms with van der Waals surface area (Å²) in [5.41, 5.74) is 7.97. The maximum atomic E-state index is 11.8. The Bertz CT molecular complexity index is 656. The second kappa shape index (κ2) is 7.73. The van der Waals surface area contributed by atoms with Gasteiger partial charge in [0.05, 0.1) is 6.54 Å². The molecule has 0 aliphatic rings. The Labute approximate surface area is 124 Å². The van der Waals surface area contributed by atoms with E-state index in [9.17, 15) is 4.79 Å². The van der Waals surface area contributed by atoms with Crippen LogP contribution in [0.3, 0.4) is 0 Å².